The Morgan fingerprint density at radius 3 is 2.47 bits per heavy atom. The number of halogens is 1. The summed E-state index contributed by atoms with van der Waals surface area (Å²) in [5, 5.41) is -0.292. The molecule has 4 nitrogen and oxygen atoms in total. The highest BCUT2D eigenvalue weighted by Crippen LogP contribution is 2.22. The molecule has 0 amide bonds. The molecule has 0 N–H and O–H groups in total. The van der Waals surface area contributed by atoms with Gasteiger partial charge < -0.3 is 0 Å². The minimum absolute atomic E-state index is 0.292. The number of hydrogen-bond donors (Lipinski definition) is 0. The highest BCUT2D eigenvalue weighted by Gasteiger charge is 2.34. The molecule has 0 spiro atoms. The summed E-state index contributed by atoms with van der Waals surface area (Å²) in [6.07, 6.45) is 3.45. The van der Waals surface area contributed by atoms with Crippen LogP contribution in [0.15, 0.2) is 0 Å². The van der Waals surface area contributed by atoms with Crippen molar-refractivity contribution in [2.75, 3.05) is 31.4 Å². The van der Waals surface area contributed by atoms with Crippen molar-refractivity contribution in [3.8, 4) is 0 Å². The zero-order valence-corrected chi connectivity index (χ0v) is 10.3. The van der Waals surface area contributed by atoms with Crippen molar-refractivity contribution in [2.45, 2.75) is 25.3 Å². The Kier molecular flexibility index (Phi) is 3.55. The molecule has 0 aromatic heterocycles. The summed E-state index contributed by atoms with van der Waals surface area (Å²) in [5.41, 5.74) is 0. The minimum Gasteiger partial charge on any atom is -0.299 e. The maximum Gasteiger partial charge on any atom is 0.228 e. The number of hydrogen-bond acceptors (Lipinski definition) is 3. The first kappa shape index (κ1) is 11.6. The van der Waals surface area contributed by atoms with Gasteiger partial charge in [-0.05, 0) is 32.4 Å². The second-order valence-corrected chi connectivity index (χ2v) is 6.82. The number of rotatable bonds is 3. The first-order valence-corrected chi connectivity index (χ1v) is 7.56. The van der Waals surface area contributed by atoms with Crippen molar-refractivity contribution in [1.29, 1.82) is 0 Å². The van der Waals surface area contributed by atoms with Crippen LogP contribution in [0, 0.1) is 0 Å². The van der Waals surface area contributed by atoms with Crippen molar-refractivity contribution in [2.24, 2.45) is 0 Å². The van der Waals surface area contributed by atoms with E-state index in [0.717, 1.165) is 19.5 Å². The molecule has 2 rings (SSSR count). The fourth-order valence-corrected chi connectivity index (χ4v) is 3.77. The Bertz CT molecular complexity index is 314. The lowest BCUT2D eigenvalue weighted by Crippen LogP contribution is -2.37. The van der Waals surface area contributed by atoms with E-state index in [1.54, 1.807) is 0 Å². The maximum atomic E-state index is 11.5. The Morgan fingerprint density at radius 1 is 1.20 bits per heavy atom. The van der Waals surface area contributed by atoms with Crippen LogP contribution in [0.3, 0.4) is 0 Å². The SMILES string of the molecule is O=S(=O)(CCl)N1CCC(N2CCCC2)C1. The van der Waals surface area contributed by atoms with Crippen molar-refractivity contribution in [3.05, 3.63) is 0 Å². The summed E-state index contributed by atoms with van der Waals surface area (Å²) in [5.74, 6) is 0. The normalized spacial score (nSPS) is 30.1. The molecule has 2 heterocycles. The highest BCUT2D eigenvalue weighted by molar-refractivity contribution is 7.90. The largest absolute Gasteiger partial charge is 0.299 e. The van der Waals surface area contributed by atoms with E-state index in [1.165, 1.54) is 17.1 Å². The molecule has 15 heavy (non-hydrogen) atoms. The maximum absolute atomic E-state index is 11.5. The van der Waals surface area contributed by atoms with Crippen LogP contribution in [0.1, 0.15) is 19.3 Å². The zero-order valence-electron chi connectivity index (χ0n) is 8.73. The topological polar surface area (TPSA) is 40.6 Å². The molecule has 0 radical (unpaired) electrons. The van der Waals surface area contributed by atoms with Crippen molar-refractivity contribution in [1.82, 2.24) is 9.21 Å². The lowest BCUT2D eigenvalue weighted by molar-refractivity contribution is 0.251. The second-order valence-electron chi connectivity index (χ2n) is 4.26. The molecule has 0 bridgehead atoms. The van der Waals surface area contributed by atoms with Gasteiger partial charge in [0.15, 0.2) is 0 Å². The smallest absolute Gasteiger partial charge is 0.228 e. The summed E-state index contributed by atoms with van der Waals surface area (Å²) < 4.78 is 24.6. The van der Waals surface area contributed by atoms with E-state index in [0.29, 0.717) is 19.1 Å². The molecule has 2 aliphatic rings. The van der Waals surface area contributed by atoms with E-state index < -0.39 is 10.0 Å². The molecule has 1 atom stereocenters. The fourth-order valence-electron chi connectivity index (χ4n) is 2.44. The van der Waals surface area contributed by atoms with Crippen LogP contribution in [-0.4, -0.2) is 55.1 Å². The van der Waals surface area contributed by atoms with Gasteiger partial charge in [-0.25, -0.2) is 8.42 Å². The quantitative estimate of drug-likeness (QED) is 0.694. The van der Waals surface area contributed by atoms with E-state index >= 15 is 0 Å². The number of nitrogens with zero attached hydrogens (tertiary/aromatic N) is 2. The Balaban J connectivity index is 1.94. The molecule has 2 fully saturated rings. The summed E-state index contributed by atoms with van der Waals surface area (Å²) in [7, 11) is -3.19. The first-order chi connectivity index (χ1) is 7.13. The molecular weight excluding hydrogens is 236 g/mol. The van der Waals surface area contributed by atoms with E-state index in [-0.39, 0.29) is 5.21 Å². The van der Waals surface area contributed by atoms with Crippen LogP contribution in [0.2, 0.25) is 0 Å². The molecule has 2 aliphatic heterocycles. The van der Waals surface area contributed by atoms with Crippen LogP contribution in [-0.2, 0) is 10.0 Å². The number of alkyl halides is 1. The molecule has 0 aromatic rings. The second kappa shape index (κ2) is 4.57. The minimum atomic E-state index is -3.19. The van der Waals surface area contributed by atoms with Crippen molar-refractivity contribution < 1.29 is 8.42 Å². The summed E-state index contributed by atoms with van der Waals surface area (Å²) >= 11 is 5.44. The monoisotopic (exact) mass is 252 g/mol. The van der Waals surface area contributed by atoms with Crippen LogP contribution in [0.4, 0.5) is 0 Å². The predicted molar refractivity (Wildman–Crippen MR) is 60.4 cm³/mol. The van der Waals surface area contributed by atoms with Gasteiger partial charge in [0.25, 0.3) is 0 Å². The number of sulfonamides is 1. The standard InChI is InChI=1S/C9H17ClN2O2S/c10-8-15(13,14)12-6-3-9(7-12)11-4-1-2-5-11/h9H,1-8H2. The highest BCUT2D eigenvalue weighted by atomic mass is 35.5. The van der Waals surface area contributed by atoms with Gasteiger partial charge in [0.1, 0.15) is 5.21 Å². The summed E-state index contributed by atoms with van der Waals surface area (Å²) in [4.78, 5) is 2.41. The van der Waals surface area contributed by atoms with Crippen LogP contribution in [0.5, 0.6) is 0 Å². The van der Waals surface area contributed by atoms with Gasteiger partial charge >= 0.3 is 0 Å². The fraction of sp³-hybridized carbons (Fsp3) is 1.00. The van der Waals surface area contributed by atoms with E-state index in [4.69, 9.17) is 11.6 Å². The van der Waals surface area contributed by atoms with Crippen LogP contribution in [0.25, 0.3) is 0 Å². The lowest BCUT2D eigenvalue weighted by atomic mass is 10.2. The summed E-state index contributed by atoms with van der Waals surface area (Å²) in [6.45, 7) is 3.52. The van der Waals surface area contributed by atoms with E-state index in [2.05, 4.69) is 4.90 Å². The molecule has 0 aliphatic carbocycles. The third-order valence-electron chi connectivity index (χ3n) is 3.31. The van der Waals surface area contributed by atoms with Gasteiger partial charge in [0.05, 0.1) is 0 Å². The van der Waals surface area contributed by atoms with Crippen molar-refractivity contribution >= 4 is 21.6 Å². The van der Waals surface area contributed by atoms with Gasteiger partial charge in [-0.1, -0.05) is 0 Å². The van der Waals surface area contributed by atoms with Crippen LogP contribution < -0.4 is 0 Å². The van der Waals surface area contributed by atoms with Gasteiger partial charge in [0.2, 0.25) is 10.0 Å². The van der Waals surface area contributed by atoms with Gasteiger partial charge in [-0.2, -0.15) is 4.31 Å². The molecule has 2 saturated heterocycles. The third kappa shape index (κ3) is 2.46. The molecule has 88 valence electrons. The van der Waals surface area contributed by atoms with Gasteiger partial charge in [-0.3, -0.25) is 4.90 Å². The molecule has 6 heteroatoms. The van der Waals surface area contributed by atoms with Gasteiger partial charge in [0, 0.05) is 19.1 Å². The molecule has 0 aromatic carbocycles. The average molecular weight is 253 g/mol. The Labute approximate surface area is 96.2 Å². The average Bonchev–Trinajstić information content (AvgIpc) is 2.88. The molecule has 1 unspecified atom stereocenters. The van der Waals surface area contributed by atoms with E-state index in [9.17, 15) is 8.42 Å². The first-order valence-electron chi connectivity index (χ1n) is 5.41. The molecular formula is C9H17ClN2O2S. The predicted octanol–water partition coefficient (Wildman–Crippen LogP) is 0.683. The lowest BCUT2D eigenvalue weighted by Gasteiger charge is -2.23. The van der Waals surface area contributed by atoms with Crippen LogP contribution >= 0.6 is 11.6 Å². The zero-order chi connectivity index (χ0) is 10.9. The number of likely N-dealkylation sites (tertiary alicyclic amines) is 1. The Morgan fingerprint density at radius 2 is 1.87 bits per heavy atom. The van der Waals surface area contributed by atoms with E-state index in [1.807, 2.05) is 0 Å². The summed E-state index contributed by atoms with van der Waals surface area (Å²) in [6, 6.07) is 0.422. The Hall–Kier alpha value is 0.160. The third-order valence-corrected chi connectivity index (χ3v) is 5.54. The van der Waals surface area contributed by atoms with Gasteiger partial charge in [-0.15, -0.1) is 11.6 Å². The van der Waals surface area contributed by atoms with Crippen molar-refractivity contribution in [3.63, 3.8) is 0 Å². The molecule has 0 saturated carbocycles.